The summed E-state index contributed by atoms with van der Waals surface area (Å²) >= 11 is 0. The molecule has 1 aromatic rings. The van der Waals surface area contributed by atoms with E-state index < -0.39 is 4.92 Å². The average molecular weight is 293 g/mol. The Morgan fingerprint density at radius 2 is 2.29 bits per heavy atom. The maximum atomic E-state index is 11.1. The van der Waals surface area contributed by atoms with Gasteiger partial charge in [0.25, 0.3) is 0 Å². The van der Waals surface area contributed by atoms with E-state index in [4.69, 9.17) is 0 Å². The molecule has 1 aliphatic carbocycles. The topological polar surface area (TPSA) is 93.0 Å². The van der Waals surface area contributed by atoms with Crippen LogP contribution in [0.3, 0.4) is 0 Å². The van der Waals surface area contributed by atoms with Crippen molar-refractivity contribution in [2.24, 2.45) is 5.92 Å². The number of nitrogens with zero attached hydrogens (tertiary/aromatic N) is 3. The second-order valence-corrected chi connectivity index (χ2v) is 5.72. The molecule has 0 aliphatic heterocycles. The van der Waals surface area contributed by atoms with Crippen molar-refractivity contribution in [3.05, 3.63) is 16.3 Å². The highest BCUT2D eigenvalue weighted by molar-refractivity contribution is 5.57. The fourth-order valence-corrected chi connectivity index (χ4v) is 2.70. The molecule has 116 valence electrons. The number of nitro groups is 1. The first-order valence-electron chi connectivity index (χ1n) is 7.62. The molecule has 0 saturated heterocycles. The zero-order valence-corrected chi connectivity index (χ0v) is 12.6. The van der Waals surface area contributed by atoms with Crippen molar-refractivity contribution in [1.29, 1.82) is 0 Å². The van der Waals surface area contributed by atoms with Crippen molar-refractivity contribution in [3.63, 3.8) is 0 Å². The van der Waals surface area contributed by atoms with E-state index in [1.807, 2.05) is 6.92 Å². The third-order valence-corrected chi connectivity index (χ3v) is 3.78. The number of nitrogens with one attached hydrogen (secondary N) is 2. The summed E-state index contributed by atoms with van der Waals surface area (Å²) < 4.78 is 0. The Morgan fingerprint density at radius 1 is 1.48 bits per heavy atom. The average Bonchev–Trinajstić information content (AvgIpc) is 2.45. The molecule has 0 bridgehead atoms. The quantitative estimate of drug-likeness (QED) is 0.618. The Labute approximate surface area is 124 Å². The van der Waals surface area contributed by atoms with Crippen LogP contribution in [-0.2, 0) is 0 Å². The summed E-state index contributed by atoms with van der Waals surface area (Å²) in [6.07, 6.45) is 6.66. The van der Waals surface area contributed by atoms with Crippen LogP contribution in [0.1, 0.15) is 46.0 Å². The van der Waals surface area contributed by atoms with Crippen molar-refractivity contribution in [2.75, 3.05) is 17.2 Å². The third-order valence-electron chi connectivity index (χ3n) is 3.78. The molecule has 0 radical (unpaired) electrons. The number of aromatic nitrogens is 2. The van der Waals surface area contributed by atoms with Crippen LogP contribution < -0.4 is 10.6 Å². The summed E-state index contributed by atoms with van der Waals surface area (Å²) in [5, 5.41) is 17.4. The molecule has 1 aromatic heterocycles. The largest absolute Gasteiger partial charge is 0.361 e. The van der Waals surface area contributed by atoms with Gasteiger partial charge >= 0.3 is 5.69 Å². The second kappa shape index (κ2) is 7.19. The van der Waals surface area contributed by atoms with E-state index in [1.165, 1.54) is 12.6 Å². The Kier molecular flexibility index (Phi) is 5.30. The van der Waals surface area contributed by atoms with Gasteiger partial charge in [-0.2, -0.15) is 4.98 Å². The van der Waals surface area contributed by atoms with E-state index in [2.05, 4.69) is 27.5 Å². The van der Waals surface area contributed by atoms with Gasteiger partial charge in [0.2, 0.25) is 11.8 Å². The molecule has 2 N–H and O–H groups in total. The maximum absolute atomic E-state index is 11.1. The summed E-state index contributed by atoms with van der Waals surface area (Å²) in [4.78, 5) is 19.0. The van der Waals surface area contributed by atoms with E-state index in [0.717, 1.165) is 32.2 Å². The monoisotopic (exact) mass is 293 g/mol. The molecular formula is C14H23N5O2. The van der Waals surface area contributed by atoms with Gasteiger partial charge in [-0.1, -0.05) is 26.7 Å². The molecule has 7 nitrogen and oxygen atoms in total. The van der Waals surface area contributed by atoms with Crippen molar-refractivity contribution >= 4 is 17.5 Å². The van der Waals surface area contributed by atoms with Crippen molar-refractivity contribution < 1.29 is 4.92 Å². The van der Waals surface area contributed by atoms with Crippen molar-refractivity contribution in [3.8, 4) is 0 Å². The predicted octanol–water partition coefficient (Wildman–Crippen LogP) is 3.20. The lowest BCUT2D eigenvalue weighted by Crippen LogP contribution is -2.27. The van der Waals surface area contributed by atoms with Gasteiger partial charge in [-0.3, -0.25) is 10.1 Å². The Bertz CT molecular complexity index is 494. The van der Waals surface area contributed by atoms with E-state index in [9.17, 15) is 10.1 Å². The normalized spacial score (nSPS) is 21.8. The van der Waals surface area contributed by atoms with E-state index in [0.29, 0.717) is 17.7 Å². The van der Waals surface area contributed by atoms with Gasteiger partial charge in [0.05, 0.1) is 4.92 Å². The zero-order chi connectivity index (χ0) is 15.2. The van der Waals surface area contributed by atoms with Gasteiger partial charge in [-0.25, -0.2) is 4.98 Å². The van der Waals surface area contributed by atoms with E-state index in [-0.39, 0.29) is 11.7 Å². The first kappa shape index (κ1) is 15.5. The van der Waals surface area contributed by atoms with Crippen LogP contribution >= 0.6 is 0 Å². The standard InChI is InChI=1S/C14H23N5O2/c1-3-7-15-14-16-9-12(19(20)21)13(18-14)17-11-6-4-5-10(2)8-11/h9-11H,3-8H2,1-2H3,(H2,15,16,17,18). The SMILES string of the molecule is CCCNc1ncc([N+](=O)[O-])c(NC2CCCC(C)C2)n1. The Balaban J connectivity index is 2.15. The molecule has 0 aromatic carbocycles. The van der Waals surface area contributed by atoms with Crippen molar-refractivity contribution in [1.82, 2.24) is 9.97 Å². The van der Waals surface area contributed by atoms with Gasteiger partial charge in [-0.15, -0.1) is 0 Å². The fraction of sp³-hybridized carbons (Fsp3) is 0.714. The molecule has 1 fully saturated rings. The fourth-order valence-electron chi connectivity index (χ4n) is 2.70. The zero-order valence-electron chi connectivity index (χ0n) is 12.6. The molecule has 0 amide bonds. The van der Waals surface area contributed by atoms with Crippen LogP contribution in [0.2, 0.25) is 0 Å². The minimum atomic E-state index is -0.432. The van der Waals surface area contributed by atoms with Gasteiger partial charge in [-0.05, 0) is 25.2 Å². The minimum Gasteiger partial charge on any atom is -0.361 e. The highest BCUT2D eigenvalue weighted by atomic mass is 16.6. The van der Waals surface area contributed by atoms with Crippen molar-refractivity contribution in [2.45, 2.75) is 52.0 Å². The molecule has 0 spiro atoms. The number of hydrogen-bond acceptors (Lipinski definition) is 6. The van der Waals surface area contributed by atoms with Crippen LogP contribution in [0.4, 0.5) is 17.5 Å². The molecule has 1 heterocycles. The molecule has 2 rings (SSSR count). The molecule has 21 heavy (non-hydrogen) atoms. The Morgan fingerprint density at radius 3 is 2.95 bits per heavy atom. The minimum absolute atomic E-state index is 0.0599. The lowest BCUT2D eigenvalue weighted by atomic mass is 9.87. The highest BCUT2D eigenvalue weighted by Gasteiger charge is 2.23. The summed E-state index contributed by atoms with van der Waals surface area (Å²) in [7, 11) is 0. The summed E-state index contributed by atoms with van der Waals surface area (Å²) in [5.41, 5.74) is -0.0599. The molecule has 1 saturated carbocycles. The molecule has 7 heteroatoms. The first-order valence-corrected chi connectivity index (χ1v) is 7.62. The summed E-state index contributed by atoms with van der Waals surface area (Å²) in [5.74, 6) is 1.41. The Hall–Kier alpha value is -1.92. The number of hydrogen-bond donors (Lipinski definition) is 2. The van der Waals surface area contributed by atoms with Gasteiger partial charge in [0.1, 0.15) is 6.20 Å². The smallest absolute Gasteiger partial charge is 0.329 e. The maximum Gasteiger partial charge on any atom is 0.329 e. The van der Waals surface area contributed by atoms with Gasteiger partial charge in [0, 0.05) is 12.6 Å². The van der Waals surface area contributed by atoms with E-state index >= 15 is 0 Å². The van der Waals surface area contributed by atoms with Crippen LogP contribution in [0.25, 0.3) is 0 Å². The highest BCUT2D eigenvalue weighted by Crippen LogP contribution is 2.29. The summed E-state index contributed by atoms with van der Waals surface area (Å²) in [6, 6.07) is 0.251. The predicted molar refractivity (Wildman–Crippen MR) is 82.5 cm³/mol. The number of anilines is 2. The van der Waals surface area contributed by atoms with Crippen LogP contribution in [0.5, 0.6) is 0 Å². The first-order chi connectivity index (χ1) is 10.1. The number of rotatable bonds is 6. The van der Waals surface area contributed by atoms with Crippen LogP contribution in [0, 0.1) is 16.0 Å². The molecular weight excluding hydrogens is 270 g/mol. The molecule has 2 unspecified atom stereocenters. The van der Waals surface area contributed by atoms with Crippen LogP contribution in [0.15, 0.2) is 6.20 Å². The third kappa shape index (κ3) is 4.27. The molecule has 1 aliphatic rings. The lowest BCUT2D eigenvalue weighted by Gasteiger charge is -2.27. The van der Waals surface area contributed by atoms with Gasteiger partial charge < -0.3 is 10.6 Å². The van der Waals surface area contributed by atoms with Crippen LogP contribution in [-0.4, -0.2) is 27.5 Å². The lowest BCUT2D eigenvalue weighted by molar-refractivity contribution is -0.384. The summed E-state index contributed by atoms with van der Waals surface area (Å²) in [6.45, 7) is 5.01. The second-order valence-electron chi connectivity index (χ2n) is 5.72. The molecule has 2 atom stereocenters. The van der Waals surface area contributed by atoms with Gasteiger partial charge in [0.15, 0.2) is 0 Å². The van der Waals surface area contributed by atoms with E-state index in [1.54, 1.807) is 0 Å².